The summed E-state index contributed by atoms with van der Waals surface area (Å²) < 4.78 is 30.6. The van der Waals surface area contributed by atoms with Gasteiger partial charge in [0.15, 0.2) is 11.6 Å². The number of benzene rings is 1. The van der Waals surface area contributed by atoms with Crippen molar-refractivity contribution < 1.29 is 18.6 Å². The fourth-order valence-corrected chi connectivity index (χ4v) is 1.19. The second kappa shape index (κ2) is 6.51. The average Bonchev–Trinajstić information content (AvgIpc) is 2.28. The van der Waals surface area contributed by atoms with Gasteiger partial charge in [-0.2, -0.15) is 0 Å². The fourth-order valence-electron chi connectivity index (χ4n) is 1.19. The van der Waals surface area contributed by atoms with Crippen molar-refractivity contribution in [3.8, 4) is 5.75 Å². The van der Waals surface area contributed by atoms with Gasteiger partial charge >= 0.3 is 0 Å². The van der Waals surface area contributed by atoms with Crippen LogP contribution in [-0.4, -0.2) is 30.4 Å². The van der Waals surface area contributed by atoms with Crippen LogP contribution in [0.25, 0.3) is 0 Å². The van der Waals surface area contributed by atoms with Gasteiger partial charge in [0.25, 0.3) is 0 Å². The normalized spacial score (nSPS) is 12.8. The molecule has 17 heavy (non-hydrogen) atoms. The molecule has 1 rings (SSSR count). The van der Waals surface area contributed by atoms with Gasteiger partial charge in [0.1, 0.15) is 18.5 Å². The molecule has 0 aliphatic carbocycles. The van der Waals surface area contributed by atoms with Crippen LogP contribution in [0.4, 0.5) is 8.78 Å². The molecule has 0 bridgehead atoms. The molecule has 0 aromatic heterocycles. The van der Waals surface area contributed by atoms with Crippen LogP contribution in [0.5, 0.6) is 5.75 Å². The Morgan fingerprint density at radius 2 is 2.00 bits per heavy atom. The van der Waals surface area contributed by atoms with Crippen LogP contribution in [0.1, 0.15) is 13.8 Å². The van der Waals surface area contributed by atoms with Gasteiger partial charge in [0.05, 0.1) is 0 Å². The van der Waals surface area contributed by atoms with E-state index in [1.54, 1.807) is 0 Å². The van der Waals surface area contributed by atoms with E-state index < -0.39 is 17.7 Å². The lowest BCUT2D eigenvalue weighted by atomic mass is 10.3. The Hall–Kier alpha value is -1.20. The molecule has 0 radical (unpaired) electrons. The van der Waals surface area contributed by atoms with Crippen LogP contribution >= 0.6 is 0 Å². The van der Waals surface area contributed by atoms with Gasteiger partial charge in [-0.15, -0.1) is 0 Å². The predicted octanol–water partition coefficient (Wildman–Crippen LogP) is 1.70. The summed E-state index contributed by atoms with van der Waals surface area (Å²) in [5.41, 5.74) is 0. The molecular formula is C12H17F2NO2. The highest BCUT2D eigenvalue weighted by molar-refractivity contribution is 5.23. The molecule has 5 heteroatoms. The Labute approximate surface area is 99.4 Å². The summed E-state index contributed by atoms with van der Waals surface area (Å²) in [5.74, 6) is -1.68. The minimum atomic E-state index is -0.961. The quantitative estimate of drug-likeness (QED) is 0.801. The third kappa shape index (κ3) is 5.10. The minimum Gasteiger partial charge on any atom is -0.491 e. The molecule has 0 spiro atoms. The molecule has 2 N–H and O–H groups in total. The first-order chi connectivity index (χ1) is 7.99. The third-order valence-electron chi connectivity index (χ3n) is 2.10. The molecule has 1 unspecified atom stereocenters. The van der Waals surface area contributed by atoms with Crippen molar-refractivity contribution >= 4 is 0 Å². The molecule has 0 saturated carbocycles. The van der Waals surface area contributed by atoms with Gasteiger partial charge in [-0.25, -0.2) is 8.78 Å². The number of ether oxygens (including phenoxy) is 1. The summed E-state index contributed by atoms with van der Waals surface area (Å²) in [6, 6.07) is 3.54. The van der Waals surface area contributed by atoms with Gasteiger partial charge in [0.2, 0.25) is 0 Å². The summed E-state index contributed by atoms with van der Waals surface area (Å²) in [6.45, 7) is 4.35. The number of hydrogen-bond donors (Lipinski definition) is 2. The van der Waals surface area contributed by atoms with Crippen molar-refractivity contribution in [2.24, 2.45) is 0 Å². The summed E-state index contributed by atoms with van der Waals surface area (Å²) >= 11 is 0. The number of nitrogens with one attached hydrogen (secondary N) is 1. The highest BCUT2D eigenvalue weighted by atomic mass is 19.2. The van der Waals surface area contributed by atoms with E-state index in [-0.39, 0.29) is 18.4 Å². The predicted molar refractivity (Wildman–Crippen MR) is 61.0 cm³/mol. The fraction of sp³-hybridized carbons (Fsp3) is 0.500. The third-order valence-corrected chi connectivity index (χ3v) is 2.10. The number of aliphatic hydroxyl groups is 1. The number of aliphatic hydroxyl groups excluding tert-OH is 1. The van der Waals surface area contributed by atoms with Crippen LogP contribution < -0.4 is 10.1 Å². The number of halogens is 2. The largest absolute Gasteiger partial charge is 0.491 e. The van der Waals surface area contributed by atoms with E-state index in [4.69, 9.17) is 4.74 Å². The Morgan fingerprint density at radius 3 is 2.59 bits per heavy atom. The van der Waals surface area contributed by atoms with Crippen molar-refractivity contribution in [3.05, 3.63) is 29.8 Å². The van der Waals surface area contributed by atoms with Gasteiger partial charge < -0.3 is 15.2 Å². The topological polar surface area (TPSA) is 41.5 Å². The maximum Gasteiger partial charge on any atom is 0.162 e. The Kier molecular flexibility index (Phi) is 5.31. The van der Waals surface area contributed by atoms with Crippen molar-refractivity contribution in [2.75, 3.05) is 13.2 Å². The SMILES string of the molecule is CC(C)NCC(O)COc1ccc(F)c(F)c1. The first-order valence-electron chi connectivity index (χ1n) is 5.48. The first kappa shape index (κ1) is 13.9. The molecule has 0 aliphatic heterocycles. The number of rotatable bonds is 6. The van der Waals surface area contributed by atoms with Gasteiger partial charge in [-0.1, -0.05) is 13.8 Å². The van der Waals surface area contributed by atoms with Crippen LogP contribution in [0, 0.1) is 11.6 Å². The smallest absolute Gasteiger partial charge is 0.162 e. The Bertz CT molecular complexity index is 358. The van der Waals surface area contributed by atoms with Crippen LogP contribution in [0.3, 0.4) is 0 Å². The van der Waals surface area contributed by atoms with E-state index >= 15 is 0 Å². The summed E-state index contributed by atoms with van der Waals surface area (Å²) in [5, 5.41) is 12.6. The van der Waals surface area contributed by atoms with E-state index in [0.717, 1.165) is 12.1 Å². The second-order valence-corrected chi connectivity index (χ2v) is 4.10. The Morgan fingerprint density at radius 1 is 1.29 bits per heavy atom. The van der Waals surface area contributed by atoms with E-state index in [2.05, 4.69) is 5.32 Å². The van der Waals surface area contributed by atoms with E-state index in [1.165, 1.54) is 6.07 Å². The lowest BCUT2D eigenvalue weighted by Gasteiger charge is -2.15. The first-order valence-corrected chi connectivity index (χ1v) is 5.48. The lowest BCUT2D eigenvalue weighted by Crippen LogP contribution is -2.35. The summed E-state index contributed by atoms with van der Waals surface area (Å²) in [7, 11) is 0. The Balaban J connectivity index is 2.36. The van der Waals surface area contributed by atoms with E-state index in [1.807, 2.05) is 13.8 Å². The van der Waals surface area contributed by atoms with Crippen molar-refractivity contribution in [2.45, 2.75) is 26.0 Å². The van der Waals surface area contributed by atoms with Crippen molar-refractivity contribution in [3.63, 3.8) is 0 Å². The zero-order valence-electron chi connectivity index (χ0n) is 9.91. The highest BCUT2D eigenvalue weighted by Gasteiger charge is 2.07. The molecule has 1 aromatic rings. The molecule has 0 fully saturated rings. The van der Waals surface area contributed by atoms with Crippen LogP contribution in [0.15, 0.2) is 18.2 Å². The van der Waals surface area contributed by atoms with Crippen LogP contribution in [-0.2, 0) is 0 Å². The zero-order valence-corrected chi connectivity index (χ0v) is 9.91. The highest BCUT2D eigenvalue weighted by Crippen LogP contribution is 2.15. The molecule has 1 atom stereocenters. The van der Waals surface area contributed by atoms with Crippen molar-refractivity contribution in [1.29, 1.82) is 0 Å². The lowest BCUT2D eigenvalue weighted by molar-refractivity contribution is 0.104. The van der Waals surface area contributed by atoms with E-state index in [0.29, 0.717) is 6.54 Å². The minimum absolute atomic E-state index is 0.0325. The van der Waals surface area contributed by atoms with E-state index in [9.17, 15) is 13.9 Å². The maximum absolute atomic E-state index is 12.8. The summed E-state index contributed by atoms with van der Waals surface area (Å²) in [6.07, 6.45) is -0.689. The molecule has 0 aliphatic rings. The molecule has 0 heterocycles. The monoisotopic (exact) mass is 245 g/mol. The maximum atomic E-state index is 12.8. The number of hydrogen-bond acceptors (Lipinski definition) is 3. The summed E-state index contributed by atoms with van der Waals surface area (Å²) in [4.78, 5) is 0. The van der Waals surface area contributed by atoms with Gasteiger partial charge in [-0.3, -0.25) is 0 Å². The standard InChI is InChI=1S/C12H17F2NO2/c1-8(2)15-6-9(16)7-17-10-3-4-11(13)12(14)5-10/h3-5,8-9,15-16H,6-7H2,1-2H3. The van der Waals surface area contributed by atoms with Crippen molar-refractivity contribution in [1.82, 2.24) is 5.32 Å². The zero-order chi connectivity index (χ0) is 12.8. The molecule has 0 saturated heterocycles. The molecule has 0 amide bonds. The molecular weight excluding hydrogens is 228 g/mol. The molecule has 96 valence electrons. The van der Waals surface area contributed by atoms with Crippen LogP contribution in [0.2, 0.25) is 0 Å². The van der Waals surface area contributed by atoms with Gasteiger partial charge in [-0.05, 0) is 12.1 Å². The average molecular weight is 245 g/mol. The molecule has 1 aromatic carbocycles. The second-order valence-electron chi connectivity index (χ2n) is 4.10. The molecule has 3 nitrogen and oxygen atoms in total. The van der Waals surface area contributed by atoms with Gasteiger partial charge in [0, 0.05) is 18.7 Å².